The Morgan fingerprint density at radius 3 is 2.40 bits per heavy atom. The van der Waals surface area contributed by atoms with Crippen LogP contribution in [0.2, 0.25) is 0 Å². The van der Waals surface area contributed by atoms with Crippen molar-refractivity contribution < 1.29 is 29.0 Å². The second kappa shape index (κ2) is 10.2. The Morgan fingerprint density at radius 2 is 1.79 bits per heavy atom. The number of ether oxygens (including phenoxy) is 1. The highest BCUT2D eigenvalue weighted by molar-refractivity contribution is 9.10. The number of alkyl halides is 3. The molecule has 4 amide bonds. The van der Waals surface area contributed by atoms with Gasteiger partial charge in [-0.3, -0.25) is 29.0 Å². The van der Waals surface area contributed by atoms with Crippen molar-refractivity contribution in [2.24, 2.45) is 17.8 Å². The van der Waals surface area contributed by atoms with Crippen LogP contribution in [0.4, 0.5) is 5.69 Å². The van der Waals surface area contributed by atoms with E-state index < -0.39 is 51.1 Å². The number of halogens is 4. The van der Waals surface area contributed by atoms with E-state index in [1.54, 1.807) is 42.5 Å². The average molecular weight is 739 g/mol. The summed E-state index contributed by atoms with van der Waals surface area (Å²) in [5.74, 6) is -5.26. The van der Waals surface area contributed by atoms with E-state index in [1.165, 1.54) is 12.0 Å². The van der Waals surface area contributed by atoms with Gasteiger partial charge in [0, 0.05) is 5.92 Å². The SMILES string of the molecule is C=Cc1ccc(N2C(=O)[C@H]3[C@H](CC=C4[C@H]3C[C@@]3(Cl)C(=O)N(CBr)C(=O)[C@@]3(Cl)[C@H]4c3cc(Br)c(O)c(OC)c3)C2=O)cc1. The topological polar surface area (TPSA) is 104 Å². The number of methoxy groups -OCH3 is 1. The molecule has 1 N–H and O–H groups in total. The zero-order valence-corrected chi connectivity index (χ0v) is 26.8. The number of benzene rings is 2. The number of aromatic hydroxyl groups is 1. The normalized spacial score (nSPS) is 32.0. The predicted molar refractivity (Wildman–Crippen MR) is 165 cm³/mol. The van der Waals surface area contributed by atoms with Gasteiger partial charge in [-0.25, -0.2) is 0 Å². The van der Waals surface area contributed by atoms with Crippen molar-refractivity contribution in [2.45, 2.75) is 28.5 Å². The van der Waals surface area contributed by atoms with Gasteiger partial charge in [0.15, 0.2) is 21.2 Å². The van der Waals surface area contributed by atoms with Crippen molar-refractivity contribution in [1.29, 1.82) is 0 Å². The van der Waals surface area contributed by atoms with Crippen molar-refractivity contribution in [2.75, 3.05) is 17.5 Å². The molecule has 0 radical (unpaired) electrons. The maximum Gasteiger partial charge on any atom is 0.254 e. The number of likely N-dealkylation sites (tertiary alicyclic amines) is 1. The summed E-state index contributed by atoms with van der Waals surface area (Å²) in [4.78, 5) is 53.8. The van der Waals surface area contributed by atoms with Crippen LogP contribution in [0.3, 0.4) is 0 Å². The molecule has 0 spiro atoms. The van der Waals surface area contributed by atoms with Crippen molar-refractivity contribution >= 4 is 90.5 Å². The Hall–Kier alpha value is -2.66. The first-order valence-corrected chi connectivity index (χ1v) is 15.8. The van der Waals surface area contributed by atoms with Crippen LogP contribution < -0.4 is 9.64 Å². The number of carbonyl (C=O) groups is 4. The van der Waals surface area contributed by atoms with Gasteiger partial charge in [0.2, 0.25) is 11.8 Å². The van der Waals surface area contributed by atoms with Gasteiger partial charge < -0.3 is 9.84 Å². The van der Waals surface area contributed by atoms with E-state index in [9.17, 15) is 24.3 Å². The highest BCUT2D eigenvalue weighted by Gasteiger charge is 2.76. The number of carbonyl (C=O) groups excluding carboxylic acids is 4. The summed E-state index contributed by atoms with van der Waals surface area (Å²) in [6.45, 7) is 3.75. The summed E-state index contributed by atoms with van der Waals surface area (Å²) in [7, 11) is 1.39. The Kier molecular flexibility index (Phi) is 7.15. The molecule has 8 nitrogen and oxygen atoms in total. The van der Waals surface area contributed by atoms with Crippen LogP contribution in [0, 0.1) is 17.8 Å². The standard InChI is InChI=1S/C30H24Br2Cl2N2O6/c1-3-14-4-6-16(7-5-14)36-25(38)18-9-8-17-19(22(18)26(36)39)12-29(33)27(40)35(13-31)28(41)30(29,34)23(17)15-10-20(32)24(37)21(11-15)42-2/h3-8,10-11,18-19,22-23,37H,1,9,12-13H2,2H3/t18-,19+,22-,23-,29+,30-/m0/s1. The summed E-state index contributed by atoms with van der Waals surface area (Å²) in [5.41, 5.74) is 2.26. The molecular weight excluding hydrogens is 715 g/mol. The molecule has 6 rings (SSSR count). The van der Waals surface area contributed by atoms with E-state index in [-0.39, 0.29) is 40.2 Å². The molecule has 42 heavy (non-hydrogen) atoms. The van der Waals surface area contributed by atoms with Crippen LogP contribution in [-0.4, -0.2) is 55.9 Å². The van der Waals surface area contributed by atoms with E-state index in [0.717, 1.165) is 10.5 Å². The van der Waals surface area contributed by atoms with Crippen molar-refractivity contribution in [1.82, 2.24) is 4.90 Å². The number of fused-ring (bicyclic) bond motifs is 4. The largest absolute Gasteiger partial charge is 0.503 e. The van der Waals surface area contributed by atoms with Crippen LogP contribution in [0.5, 0.6) is 11.5 Å². The Labute approximate surface area is 268 Å². The van der Waals surface area contributed by atoms with E-state index in [1.807, 2.05) is 6.08 Å². The van der Waals surface area contributed by atoms with Crippen LogP contribution >= 0.6 is 55.1 Å². The number of hydrogen-bond donors (Lipinski definition) is 1. The number of phenolic OH excluding ortho intramolecular Hbond substituents is 1. The molecule has 2 aromatic carbocycles. The second-order valence-electron chi connectivity index (χ2n) is 10.8. The highest BCUT2D eigenvalue weighted by atomic mass is 79.9. The number of nitrogens with zero attached hydrogens (tertiary/aromatic N) is 2. The van der Waals surface area contributed by atoms with Gasteiger partial charge in [0.1, 0.15) is 0 Å². The molecule has 0 aromatic heterocycles. The molecule has 2 aromatic rings. The lowest BCUT2D eigenvalue weighted by molar-refractivity contribution is -0.138. The smallest absolute Gasteiger partial charge is 0.254 e. The average Bonchev–Trinajstić information content (AvgIpc) is 3.32. The third-order valence-electron chi connectivity index (χ3n) is 9.01. The number of phenols is 1. The lowest BCUT2D eigenvalue weighted by atomic mass is 9.56. The predicted octanol–water partition coefficient (Wildman–Crippen LogP) is 5.72. The van der Waals surface area contributed by atoms with Crippen LogP contribution in [0.15, 0.2) is 59.1 Å². The minimum Gasteiger partial charge on any atom is -0.503 e. The maximum absolute atomic E-state index is 14.1. The number of rotatable bonds is 5. The molecule has 6 atom stereocenters. The quantitative estimate of drug-likeness (QED) is 0.182. The monoisotopic (exact) mass is 736 g/mol. The molecule has 3 fully saturated rings. The first-order chi connectivity index (χ1) is 19.9. The third-order valence-corrected chi connectivity index (χ3v) is 11.5. The number of amides is 4. The van der Waals surface area contributed by atoms with Crippen LogP contribution in [-0.2, 0) is 19.2 Å². The van der Waals surface area contributed by atoms with E-state index in [4.69, 9.17) is 27.9 Å². The van der Waals surface area contributed by atoms with Gasteiger partial charge in [-0.1, -0.05) is 52.4 Å². The summed E-state index contributed by atoms with van der Waals surface area (Å²) >= 11 is 21.1. The first kappa shape index (κ1) is 29.4. The van der Waals surface area contributed by atoms with Crippen LogP contribution in [0.25, 0.3) is 6.08 Å². The fourth-order valence-electron chi connectivity index (χ4n) is 7.06. The molecule has 4 aliphatic rings. The van der Waals surface area contributed by atoms with E-state index in [0.29, 0.717) is 16.8 Å². The third kappa shape index (κ3) is 3.77. The molecule has 12 heteroatoms. The van der Waals surface area contributed by atoms with Gasteiger partial charge in [-0.05, 0) is 70.1 Å². The molecule has 2 aliphatic carbocycles. The van der Waals surface area contributed by atoms with Gasteiger partial charge >= 0.3 is 0 Å². The molecular formula is C30H24Br2Cl2N2O6. The highest BCUT2D eigenvalue weighted by Crippen LogP contribution is 2.66. The lowest BCUT2D eigenvalue weighted by Gasteiger charge is -2.50. The van der Waals surface area contributed by atoms with Gasteiger partial charge in [0.05, 0.1) is 34.6 Å². The zero-order valence-electron chi connectivity index (χ0n) is 22.2. The lowest BCUT2D eigenvalue weighted by Crippen LogP contribution is -2.60. The molecule has 1 saturated carbocycles. The number of anilines is 1. The molecule has 0 bridgehead atoms. The fraction of sp³-hybridized carbons (Fsp3) is 0.333. The Morgan fingerprint density at radius 1 is 1.10 bits per heavy atom. The van der Waals surface area contributed by atoms with Crippen molar-refractivity contribution in [3.05, 3.63) is 70.2 Å². The number of allylic oxidation sites excluding steroid dienone is 2. The molecule has 218 valence electrons. The molecule has 2 heterocycles. The second-order valence-corrected chi connectivity index (χ2v) is 13.4. The number of hydrogen-bond acceptors (Lipinski definition) is 6. The summed E-state index contributed by atoms with van der Waals surface area (Å²) in [6, 6.07) is 10.1. The minimum atomic E-state index is -1.96. The Balaban J connectivity index is 1.52. The van der Waals surface area contributed by atoms with E-state index >= 15 is 0 Å². The Bertz CT molecular complexity index is 1610. The van der Waals surface area contributed by atoms with Crippen molar-refractivity contribution in [3.8, 4) is 11.5 Å². The summed E-state index contributed by atoms with van der Waals surface area (Å²) in [5, 5.41) is 10.5. The molecule has 0 unspecified atom stereocenters. The summed E-state index contributed by atoms with van der Waals surface area (Å²) < 4.78 is 5.66. The van der Waals surface area contributed by atoms with Crippen molar-refractivity contribution in [3.63, 3.8) is 0 Å². The molecule has 2 aliphatic heterocycles. The van der Waals surface area contributed by atoms with Gasteiger partial charge in [-0.2, -0.15) is 0 Å². The van der Waals surface area contributed by atoms with E-state index in [2.05, 4.69) is 38.4 Å². The zero-order chi connectivity index (χ0) is 30.3. The molecule has 2 saturated heterocycles. The summed E-state index contributed by atoms with van der Waals surface area (Å²) in [6.07, 6.45) is 3.64. The van der Waals surface area contributed by atoms with Crippen LogP contribution in [0.1, 0.15) is 29.9 Å². The first-order valence-electron chi connectivity index (χ1n) is 13.1. The maximum atomic E-state index is 14.1. The van der Waals surface area contributed by atoms with Gasteiger partial charge in [0.25, 0.3) is 11.8 Å². The minimum absolute atomic E-state index is 0.117. The van der Waals surface area contributed by atoms with Gasteiger partial charge in [-0.15, -0.1) is 23.2 Å². The fourth-order valence-corrected chi connectivity index (χ4v) is 8.94. The number of imide groups is 2.